The maximum atomic E-state index is 9.18. The molecule has 0 amide bonds. The van der Waals surface area contributed by atoms with E-state index in [0.29, 0.717) is 19.1 Å². The van der Waals surface area contributed by atoms with Crippen molar-refractivity contribution in [2.24, 2.45) is 11.7 Å². The van der Waals surface area contributed by atoms with Gasteiger partial charge in [-0.15, -0.1) is 0 Å². The van der Waals surface area contributed by atoms with Gasteiger partial charge in [0, 0.05) is 6.04 Å². The van der Waals surface area contributed by atoms with Gasteiger partial charge < -0.3 is 10.5 Å². The number of nitrogens with two attached hydrogens (primary N) is 1. The second kappa shape index (κ2) is 12.4. The highest BCUT2D eigenvalue weighted by Crippen LogP contribution is 2.09. The zero-order chi connectivity index (χ0) is 11.4. The van der Waals surface area contributed by atoms with Crippen LogP contribution in [0.5, 0.6) is 0 Å². The van der Waals surface area contributed by atoms with Crippen LogP contribution in [0.4, 0.5) is 0 Å². The molecule has 86 valence electrons. The molecular weight excluding hydrogens is 178 g/mol. The highest BCUT2D eigenvalue weighted by Gasteiger charge is 1.99. The lowest BCUT2D eigenvalue weighted by molar-refractivity contribution is -0.128. The summed E-state index contributed by atoms with van der Waals surface area (Å²) in [4.78, 5) is 9.18. The molecule has 3 nitrogen and oxygen atoms in total. The third kappa shape index (κ3) is 17.5. The Morgan fingerprint density at radius 3 is 2.07 bits per heavy atom. The van der Waals surface area contributed by atoms with E-state index in [0.717, 1.165) is 5.92 Å². The Balaban J connectivity index is 0. The van der Waals surface area contributed by atoms with Gasteiger partial charge in [0.1, 0.15) is 0 Å². The number of carbonyl (C=O) groups is 1. The van der Waals surface area contributed by atoms with Crippen molar-refractivity contribution in [3.63, 3.8) is 0 Å². The predicted octanol–water partition coefficient (Wildman–Crippen LogP) is 2.34. The molecule has 2 N–H and O–H groups in total. The topological polar surface area (TPSA) is 52.3 Å². The molecule has 0 heterocycles. The largest absolute Gasteiger partial charge is 0.468 e. The van der Waals surface area contributed by atoms with Gasteiger partial charge in [0.2, 0.25) is 0 Å². The van der Waals surface area contributed by atoms with E-state index in [1.807, 2.05) is 0 Å². The van der Waals surface area contributed by atoms with Crippen molar-refractivity contribution < 1.29 is 9.53 Å². The molecule has 0 saturated carbocycles. The Morgan fingerprint density at radius 1 is 1.29 bits per heavy atom. The standard InChI is InChI=1S/C8H19N.C3H6O2/c1-4-7(2)5-6-8(3)9;1-2-5-3-4/h7-8H,4-6,9H2,1-3H3;3H,2H2,1H3. The van der Waals surface area contributed by atoms with Gasteiger partial charge in [-0.3, -0.25) is 4.79 Å². The van der Waals surface area contributed by atoms with Crippen LogP contribution in [-0.2, 0) is 9.53 Å². The Bertz CT molecular complexity index is 116. The van der Waals surface area contributed by atoms with Crippen LogP contribution >= 0.6 is 0 Å². The fourth-order valence-electron chi connectivity index (χ4n) is 0.820. The van der Waals surface area contributed by atoms with Crippen LogP contribution in [0.3, 0.4) is 0 Å². The molecule has 0 aliphatic heterocycles. The van der Waals surface area contributed by atoms with Crippen molar-refractivity contribution in [3.05, 3.63) is 0 Å². The lowest BCUT2D eigenvalue weighted by Gasteiger charge is -2.09. The van der Waals surface area contributed by atoms with Gasteiger partial charge in [0.05, 0.1) is 6.61 Å². The molecule has 0 aliphatic rings. The Kier molecular flexibility index (Phi) is 14.1. The highest BCUT2D eigenvalue weighted by molar-refractivity contribution is 5.36. The average Bonchev–Trinajstić information content (AvgIpc) is 2.16. The number of hydrogen-bond acceptors (Lipinski definition) is 3. The fourth-order valence-corrected chi connectivity index (χ4v) is 0.820. The van der Waals surface area contributed by atoms with E-state index in [-0.39, 0.29) is 0 Å². The highest BCUT2D eigenvalue weighted by atomic mass is 16.5. The lowest BCUT2D eigenvalue weighted by Crippen LogP contribution is -2.15. The van der Waals surface area contributed by atoms with E-state index in [1.165, 1.54) is 19.3 Å². The first kappa shape index (κ1) is 15.9. The summed E-state index contributed by atoms with van der Waals surface area (Å²) in [6, 6.07) is 0.388. The SMILES string of the molecule is CCC(C)CCC(C)N.CCOC=O. The summed E-state index contributed by atoms with van der Waals surface area (Å²) in [5, 5.41) is 0. The maximum Gasteiger partial charge on any atom is 0.293 e. The summed E-state index contributed by atoms with van der Waals surface area (Å²) in [5.41, 5.74) is 5.60. The maximum absolute atomic E-state index is 9.18. The van der Waals surface area contributed by atoms with Gasteiger partial charge in [0.25, 0.3) is 6.47 Å². The predicted molar refractivity (Wildman–Crippen MR) is 60.0 cm³/mol. The van der Waals surface area contributed by atoms with Crippen molar-refractivity contribution in [1.29, 1.82) is 0 Å². The minimum absolute atomic E-state index is 0.388. The van der Waals surface area contributed by atoms with Crippen LogP contribution in [0, 0.1) is 5.92 Å². The van der Waals surface area contributed by atoms with E-state index in [1.54, 1.807) is 6.92 Å². The molecule has 14 heavy (non-hydrogen) atoms. The van der Waals surface area contributed by atoms with E-state index in [9.17, 15) is 4.79 Å². The monoisotopic (exact) mass is 203 g/mol. The molecule has 0 aromatic rings. The molecular formula is C11H25NO2. The molecule has 0 fully saturated rings. The molecule has 0 aromatic carbocycles. The average molecular weight is 203 g/mol. The summed E-state index contributed by atoms with van der Waals surface area (Å²) in [6.45, 7) is 9.24. The van der Waals surface area contributed by atoms with E-state index >= 15 is 0 Å². The van der Waals surface area contributed by atoms with Gasteiger partial charge in [-0.2, -0.15) is 0 Å². The summed E-state index contributed by atoms with van der Waals surface area (Å²) in [7, 11) is 0. The Labute approximate surface area is 88.0 Å². The van der Waals surface area contributed by atoms with Crippen LogP contribution in [0.1, 0.15) is 47.0 Å². The zero-order valence-electron chi connectivity index (χ0n) is 9.95. The molecule has 2 atom stereocenters. The van der Waals surface area contributed by atoms with Gasteiger partial charge in [-0.25, -0.2) is 0 Å². The molecule has 0 aliphatic carbocycles. The molecule has 0 bridgehead atoms. The minimum atomic E-state index is 0.388. The molecule has 3 heteroatoms. The molecule has 0 aromatic heterocycles. The molecule has 0 saturated heterocycles. The minimum Gasteiger partial charge on any atom is -0.468 e. The van der Waals surface area contributed by atoms with Crippen LogP contribution < -0.4 is 5.73 Å². The number of hydrogen-bond donors (Lipinski definition) is 1. The quantitative estimate of drug-likeness (QED) is 0.674. The molecule has 0 rings (SSSR count). The fraction of sp³-hybridized carbons (Fsp3) is 0.909. The van der Waals surface area contributed by atoms with Gasteiger partial charge in [-0.1, -0.05) is 20.3 Å². The number of rotatable bonds is 6. The van der Waals surface area contributed by atoms with Crippen molar-refractivity contribution in [2.75, 3.05) is 6.61 Å². The van der Waals surface area contributed by atoms with E-state index in [4.69, 9.17) is 5.73 Å². The smallest absolute Gasteiger partial charge is 0.293 e. The van der Waals surface area contributed by atoms with Crippen LogP contribution in [0.2, 0.25) is 0 Å². The van der Waals surface area contributed by atoms with E-state index in [2.05, 4.69) is 25.5 Å². The number of carbonyl (C=O) groups excluding carboxylic acids is 1. The number of ether oxygens (including phenoxy) is 1. The summed E-state index contributed by atoms with van der Waals surface area (Å²) < 4.78 is 4.15. The second-order valence-corrected chi connectivity index (χ2v) is 3.62. The molecule has 0 spiro atoms. The summed E-state index contributed by atoms with van der Waals surface area (Å²) in [5.74, 6) is 0.857. The Hall–Kier alpha value is -0.570. The van der Waals surface area contributed by atoms with Crippen molar-refractivity contribution >= 4 is 6.47 Å². The van der Waals surface area contributed by atoms with Crippen LogP contribution in [0.15, 0.2) is 0 Å². The first-order valence-electron chi connectivity index (χ1n) is 5.39. The van der Waals surface area contributed by atoms with Crippen molar-refractivity contribution in [1.82, 2.24) is 0 Å². The Morgan fingerprint density at radius 2 is 1.86 bits per heavy atom. The molecule has 2 unspecified atom stereocenters. The van der Waals surface area contributed by atoms with E-state index < -0.39 is 0 Å². The van der Waals surface area contributed by atoms with Crippen molar-refractivity contribution in [2.45, 2.75) is 53.0 Å². The van der Waals surface area contributed by atoms with Crippen molar-refractivity contribution in [3.8, 4) is 0 Å². The first-order chi connectivity index (χ1) is 6.58. The normalized spacial score (nSPS) is 13.5. The summed E-state index contributed by atoms with van der Waals surface area (Å²) in [6.07, 6.45) is 3.75. The van der Waals surface area contributed by atoms with Crippen LogP contribution in [0.25, 0.3) is 0 Å². The third-order valence-electron chi connectivity index (χ3n) is 2.05. The second-order valence-electron chi connectivity index (χ2n) is 3.62. The zero-order valence-corrected chi connectivity index (χ0v) is 9.95. The summed E-state index contributed by atoms with van der Waals surface area (Å²) >= 11 is 0. The first-order valence-corrected chi connectivity index (χ1v) is 5.39. The molecule has 0 radical (unpaired) electrons. The third-order valence-corrected chi connectivity index (χ3v) is 2.05. The van der Waals surface area contributed by atoms with Gasteiger partial charge >= 0.3 is 0 Å². The lowest BCUT2D eigenvalue weighted by atomic mass is 10.0. The van der Waals surface area contributed by atoms with Gasteiger partial charge in [-0.05, 0) is 32.6 Å². The van der Waals surface area contributed by atoms with Gasteiger partial charge in [0.15, 0.2) is 0 Å². The van der Waals surface area contributed by atoms with Crippen LogP contribution in [-0.4, -0.2) is 19.1 Å².